The number of pyridine rings is 1. The lowest BCUT2D eigenvalue weighted by atomic mass is 9.83. The molecule has 0 amide bonds. The van der Waals surface area contributed by atoms with Gasteiger partial charge in [-0.1, -0.05) is 6.92 Å². The summed E-state index contributed by atoms with van der Waals surface area (Å²) in [7, 11) is -3.45. The molecule has 1 heterocycles. The van der Waals surface area contributed by atoms with Gasteiger partial charge in [0.1, 0.15) is 5.82 Å². The van der Waals surface area contributed by atoms with Crippen molar-refractivity contribution in [1.82, 2.24) is 9.71 Å². The first kappa shape index (κ1) is 13.3. The fourth-order valence-corrected chi connectivity index (χ4v) is 3.87. The minimum atomic E-state index is -3.45. The van der Waals surface area contributed by atoms with Crippen LogP contribution < -0.4 is 10.5 Å². The van der Waals surface area contributed by atoms with E-state index in [9.17, 15) is 8.42 Å². The summed E-state index contributed by atoms with van der Waals surface area (Å²) in [6.07, 6.45) is 1.82. The van der Waals surface area contributed by atoms with Crippen molar-refractivity contribution >= 4 is 26.7 Å². The maximum atomic E-state index is 12.3. The average molecular weight is 291 g/mol. The molecule has 2 aromatic rings. The van der Waals surface area contributed by atoms with E-state index < -0.39 is 10.0 Å². The first-order chi connectivity index (χ1) is 9.44. The highest BCUT2D eigenvalue weighted by Crippen LogP contribution is 2.28. The van der Waals surface area contributed by atoms with Crippen LogP contribution in [0.5, 0.6) is 0 Å². The minimum absolute atomic E-state index is 0.0650. The van der Waals surface area contributed by atoms with Gasteiger partial charge in [-0.25, -0.2) is 18.1 Å². The number of nitrogens with two attached hydrogens (primary N) is 1. The molecule has 1 saturated carbocycles. The lowest BCUT2D eigenvalue weighted by Crippen LogP contribution is -2.43. The molecule has 1 aliphatic rings. The van der Waals surface area contributed by atoms with Gasteiger partial charge in [0, 0.05) is 11.4 Å². The maximum Gasteiger partial charge on any atom is 0.240 e. The molecule has 3 N–H and O–H groups in total. The van der Waals surface area contributed by atoms with E-state index in [0.29, 0.717) is 17.3 Å². The van der Waals surface area contributed by atoms with Crippen molar-refractivity contribution in [1.29, 1.82) is 0 Å². The smallest absolute Gasteiger partial charge is 0.240 e. The molecular weight excluding hydrogens is 274 g/mol. The molecule has 0 aliphatic heterocycles. The van der Waals surface area contributed by atoms with Crippen LogP contribution in [0.3, 0.4) is 0 Å². The second kappa shape index (κ2) is 4.71. The molecule has 6 heteroatoms. The fourth-order valence-electron chi connectivity index (χ4n) is 2.57. The Morgan fingerprint density at radius 1 is 1.25 bits per heavy atom. The van der Waals surface area contributed by atoms with E-state index >= 15 is 0 Å². The van der Waals surface area contributed by atoms with Crippen molar-refractivity contribution in [2.24, 2.45) is 5.92 Å². The van der Waals surface area contributed by atoms with Crippen LogP contribution >= 0.6 is 0 Å². The van der Waals surface area contributed by atoms with E-state index in [1.807, 2.05) is 0 Å². The Bertz CT molecular complexity index is 752. The highest BCUT2D eigenvalue weighted by molar-refractivity contribution is 7.89. The Kier molecular flexibility index (Phi) is 3.14. The highest BCUT2D eigenvalue weighted by Gasteiger charge is 2.29. The van der Waals surface area contributed by atoms with Crippen LogP contribution in [0, 0.1) is 5.92 Å². The molecular formula is C14H17N3O2S. The molecule has 0 spiro atoms. The summed E-state index contributed by atoms with van der Waals surface area (Å²) in [5, 5.41) is 0.768. The Hall–Kier alpha value is -1.66. The van der Waals surface area contributed by atoms with E-state index in [1.165, 1.54) is 0 Å². The van der Waals surface area contributed by atoms with Crippen LogP contribution in [0.15, 0.2) is 35.2 Å². The van der Waals surface area contributed by atoms with Gasteiger partial charge < -0.3 is 5.73 Å². The van der Waals surface area contributed by atoms with Crippen LogP contribution in [0.25, 0.3) is 10.9 Å². The number of benzene rings is 1. The third-order valence-electron chi connectivity index (χ3n) is 3.69. The molecule has 0 radical (unpaired) electrons. The van der Waals surface area contributed by atoms with Crippen molar-refractivity contribution in [3.05, 3.63) is 30.3 Å². The number of sulfonamides is 1. The standard InChI is InChI=1S/C14H17N3O2S/c1-9-6-11(7-9)17-20(18,19)12-3-4-13-10(8-12)2-5-14(15)16-13/h2-5,8-9,11,17H,6-7H2,1H3,(H2,15,16). The predicted molar refractivity (Wildman–Crippen MR) is 78.7 cm³/mol. The number of hydrogen-bond acceptors (Lipinski definition) is 4. The quantitative estimate of drug-likeness (QED) is 0.904. The number of rotatable bonds is 3. The summed E-state index contributed by atoms with van der Waals surface area (Å²) < 4.78 is 27.3. The number of hydrogen-bond donors (Lipinski definition) is 2. The minimum Gasteiger partial charge on any atom is -0.384 e. The van der Waals surface area contributed by atoms with Gasteiger partial charge in [-0.15, -0.1) is 0 Å². The summed E-state index contributed by atoms with van der Waals surface area (Å²) >= 11 is 0. The zero-order valence-electron chi connectivity index (χ0n) is 11.2. The summed E-state index contributed by atoms with van der Waals surface area (Å²) in [6, 6.07) is 8.40. The summed E-state index contributed by atoms with van der Waals surface area (Å²) in [5.41, 5.74) is 6.31. The zero-order chi connectivity index (χ0) is 14.3. The van der Waals surface area contributed by atoms with Crippen molar-refractivity contribution in [3.63, 3.8) is 0 Å². The van der Waals surface area contributed by atoms with Gasteiger partial charge >= 0.3 is 0 Å². The number of aromatic nitrogens is 1. The zero-order valence-corrected chi connectivity index (χ0v) is 12.0. The number of fused-ring (bicyclic) bond motifs is 1. The van der Waals surface area contributed by atoms with Gasteiger partial charge in [0.2, 0.25) is 10.0 Å². The second-order valence-electron chi connectivity index (χ2n) is 5.49. The fraction of sp³-hybridized carbons (Fsp3) is 0.357. The normalized spacial score (nSPS) is 22.6. The number of nitrogens with zero attached hydrogens (tertiary/aromatic N) is 1. The molecule has 0 atom stereocenters. The molecule has 5 nitrogen and oxygen atoms in total. The molecule has 0 saturated heterocycles. The van der Waals surface area contributed by atoms with Crippen molar-refractivity contribution in [2.75, 3.05) is 5.73 Å². The van der Waals surface area contributed by atoms with Gasteiger partial charge in [0.05, 0.1) is 10.4 Å². The van der Waals surface area contributed by atoms with E-state index in [2.05, 4.69) is 16.6 Å². The second-order valence-corrected chi connectivity index (χ2v) is 7.20. The number of nitrogen functional groups attached to an aromatic ring is 1. The van der Waals surface area contributed by atoms with Crippen LogP contribution in [0.2, 0.25) is 0 Å². The third kappa shape index (κ3) is 2.48. The monoisotopic (exact) mass is 291 g/mol. The first-order valence-corrected chi connectivity index (χ1v) is 8.11. The van der Waals surface area contributed by atoms with Crippen LogP contribution in [0.4, 0.5) is 5.82 Å². The molecule has 1 aromatic heterocycles. The van der Waals surface area contributed by atoms with Crippen LogP contribution in [-0.2, 0) is 10.0 Å². The highest BCUT2D eigenvalue weighted by atomic mass is 32.2. The Labute approximate surface area is 118 Å². The van der Waals surface area contributed by atoms with E-state index in [-0.39, 0.29) is 10.9 Å². The van der Waals surface area contributed by atoms with Crippen LogP contribution in [-0.4, -0.2) is 19.4 Å². The van der Waals surface area contributed by atoms with Crippen molar-refractivity contribution in [3.8, 4) is 0 Å². The average Bonchev–Trinajstić information content (AvgIpc) is 2.36. The summed E-state index contributed by atoms with van der Waals surface area (Å²) in [5.74, 6) is 1.03. The largest absolute Gasteiger partial charge is 0.384 e. The molecule has 0 bridgehead atoms. The SMILES string of the molecule is CC1CC(NS(=O)(=O)c2ccc3nc(N)ccc3c2)C1. The van der Waals surface area contributed by atoms with Gasteiger partial charge in [0.25, 0.3) is 0 Å². The number of anilines is 1. The van der Waals surface area contributed by atoms with Gasteiger partial charge in [0.15, 0.2) is 0 Å². The van der Waals surface area contributed by atoms with Gasteiger partial charge in [-0.05, 0) is 49.1 Å². The lowest BCUT2D eigenvalue weighted by Gasteiger charge is -2.32. The van der Waals surface area contributed by atoms with Crippen molar-refractivity contribution < 1.29 is 8.42 Å². The molecule has 1 fully saturated rings. The summed E-state index contributed by atoms with van der Waals surface area (Å²) in [6.45, 7) is 2.12. The van der Waals surface area contributed by atoms with E-state index in [1.54, 1.807) is 30.3 Å². The van der Waals surface area contributed by atoms with E-state index in [0.717, 1.165) is 18.2 Å². The molecule has 106 valence electrons. The maximum absolute atomic E-state index is 12.3. The van der Waals surface area contributed by atoms with Gasteiger partial charge in [-0.3, -0.25) is 0 Å². The topological polar surface area (TPSA) is 85.1 Å². The van der Waals surface area contributed by atoms with Crippen molar-refractivity contribution in [2.45, 2.75) is 30.7 Å². The summed E-state index contributed by atoms with van der Waals surface area (Å²) in [4.78, 5) is 4.43. The molecule has 20 heavy (non-hydrogen) atoms. The lowest BCUT2D eigenvalue weighted by molar-refractivity contribution is 0.270. The number of nitrogens with one attached hydrogen (secondary N) is 1. The molecule has 0 unspecified atom stereocenters. The molecule has 3 rings (SSSR count). The van der Waals surface area contributed by atoms with E-state index in [4.69, 9.17) is 5.73 Å². The Balaban J connectivity index is 1.91. The first-order valence-electron chi connectivity index (χ1n) is 6.63. The Morgan fingerprint density at radius 3 is 2.70 bits per heavy atom. The predicted octanol–water partition coefficient (Wildman–Crippen LogP) is 1.89. The molecule has 1 aliphatic carbocycles. The Morgan fingerprint density at radius 2 is 2.00 bits per heavy atom. The molecule has 1 aromatic carbocycles. The van der Waals surface area contributed by atoms with Gasteiger partial charge in [-0.2, -0.15) is 0 Å². The van der Waals surface area contributed by atoms with Crippen LogP contribution in [0.1, 0.15) is 19.8 Å². The third-order valence-corrected chi connectivity index (χ3v) is 5.21.